The van der Waals surface area contributed by atoms with Crippen molar-refractivity contribution in [2.75, 3.05) is 11.1 Å². The van der Waals surface area contributed by atoms with Crippen molar-refractivity contribution >= 4 is 35.1 Å². The summed E-state index contributed by atoms with van der Waals surface area (Å²) in [6, 6.07) is 14.0. The number of hydrogen-bond acceptors (Lipinski definition) is 5. The maximum Gasteiger partial charge on any atom is 0.268 e. The van der Waals surface area contributed by atoms with Crippen molar-refractivity contribution in [3.63, 3.8) is 0 Å². The fourth-order valence-electron chi connectivity index (χ4n) is 4.03. The molecule has 1 amide bonds. The number of aryl methyl sites for hydroxylation is 3. The van der Waals surface area contributed by atoms with Crippen LogP contribution in [0.5, 0.6) is 0 Å². The highest BCUT2D eigenvalue weighted by Gasteiger charge is 2.26. The maximum absolute atomic E-state index is 13.3. The van der Waals surface area contributed by atoms with E-state index in [1.807, 2.05) is 51.1 Å². The van der Waals surface area contributed by atoms with E-state index < -0.39 is 0 Å². The summed E-state index contributed by atoms with van der Waals surface area (Å²) in [5, 5.41) is 3.98. The van der Waals surface area contributed by atoms with Crippen molar-refractivity contribution in [1.82, 2.24) is 9.55 Å². The quantitative estimate of drug-likeness (QED) is 0.411. The van der Waals surface area contributed by atoms with Crippen LogP contribution in [-0.4, -0.2) is 26.5 Å². The lowest BCUT2D eigenvalue weighted by atomic mass is 10.1. The van der Waals surface area contributed by atoms with Crippen LogP contribution in [0, 0.1) is 20.8 Å². The zero-order valence-electron chi connectivity index (χ0n) is 18.8. The Labute approximate surface area is 197 Å². The van der Waals surface area contributed by atoms with Crippen molar-refractivity contribution in [3.8, 4) is 0 Å². The average molecular weight is 466 g/mol. The fraction of sp³-hybridized carbons (Fsp3) is 0.320. The third-order valence-electron chi connectivity index (χ3n) is 5.42. The van der Waals surface area contributed by atoms with Crippen molar-refractivity contribution in [3.05, 3.63) is 80.8 Å². The summed E-state index contributed by atoms with van der Waals surface area (Å²) >= 11 is 2.92. The smallest absolute Gasteiger partial charge is 0.268 e. The number of anilines is 1. The molecule has 1 aromatic heterocycles. The Morgan fingerprint density at radius 1 is 1.19 bits per heavy atom. The predicted octanol–water partition coefficient (Wildman–Crippen LogP) is 4.98. The van der Waals surface area contributed by atoms with Gasteiger partial charge in [-0.15, -0.1) is 11.8 Å². The molecule has 0 saturated heterocycles. The Hall–Kier alpha value is -2.51. The number of carbonyl (C=O) groups excluding carboxylic acids is 1. The van der Waals surface area contributed by atoms with E-state index in [2.05, 4.69) is 24.4 Å². The van der Waals surface area contributed by atoms with Gasteiger partial charge >= 0.3 is 0 Å². The summed E-state index contributed by atoms with van der Waals surface area (Å²) in [7, 11) is 0. The van der Waals surface area contributed by atoms with Gasteiger partial charge in [-0.05, 0) is 37.5 Å². The molecule has 0 aliphatic carbocycles. The van der Waals surface area contributed by atoms with E-state index in [-0.39, 0.29) is 17.2 Å². The van der Waals surface area contributed by atoms with E-state index in [0.717, 1.165) is 39.4 Å². The molecule has 1 aliphatic rings. The first kappa shape index (κ1) is 22.7. The molecule has 4 rings (SSSR count). The Morgan fingerprint density at radius 2 is 1.88 bits per heavy atom. The first-order valence-electron chi connectivity index (χ1n) is 10.7. The Kier molecular flexibility index (Phi) is 6.76. The number of nitrogens with zero attached hydrogens (tertiary/aromatic N) is 2. The predicted molar refractivity (Wildman–Crippen MR) is 133 cm³/mol. The second kappa shape index (κ2) is 9.55. The molecule has 32 heavy (non-hydrogen) atoms. The van der Waals surface area contributed by atoms with E-state index in [0.29, 0.717) is 17.0 Å². The first-order valence-corrected chi connectivity index (χ1v) is 12.5. The van der Waals surface area contributed by atoms with E-state index in [1.165, 1.54) is 17.3 Å². The number of nitrogens with one attached hydrogen (secondary N) is 1. The lowest BCUT2D eigenvalue weighted by Gasteiger charge is -2.15. The van der Waals surface area contributed by atoms with Crippen LogP contribution in [0.1, 0.15) is 34.9 Å². The van der Waals surface area contributed by atoms with Gasteiger partial charge in [-0.2, -0.15) is 0 Å². The zero-order valence-corrected chi connectivity index (χ0v) is 20.4. The summed E-state index contributed by atoms with van der Waals surface area (Å²) in [5.74, 6) is 0.0870. The second-order valence-electron chi connectivity index (χ2n) is 8.29. The molecular formula is C25H27N3O2S2. The summed E-state index contributed by atoms with van der Waals surface area (Å²) < 4.78 is 1.71. The van der Waals surface area contributed by atoms with Gasteiger partial charge in [0.1, 0.15) is 0 Å². The minimum Gasteiger partial charge on any atom is -0.325 e. The number of rotatable bonds is 6. The van der Waals surface area contributed by atoms with Gasteiger partial charge in [0.15, 0.2) is 5.16 Å². The van der Waals surface area contributed by atoms with Gasteiger partial charge in [0, 0.05) is 17.4 Å². The highest BCUT2D eigenvalue weighted by atomic mass is 32.2. The lowest BCUT2D eigenvalue weighted by Crippen LogP contribution is -2.26. The molecule has 0 saturated carbocycles. The van der Waals surface area contributed by atoms with Crippen LogP contribution < -0.4 is 10.9 Å². The van der Waals surface area contributed by atoms with E-state index in [9.17, 15) is 9.59 Å². The van der Waals surface area contributed by atoms with E-state index >= 15 is 0 Å². The van der Waals surface area contributed by atoms with E-state index in [1.54, 1.807) is 16.3 Å². The van der Waals surface area contributed by atoms with Crippen LogP contribution in [0.3, 0.4) is 0 Å². The average Bonchev–Trinajstić information content (AvgIpc) is 3.13. The molecule has 1 N–H and O–H groups in total. The molecule has 0 fully saturated rings. The topological polar surface area (TPSA) is 64.0 Å². The van der Waals surface area contributed by atoms with Gasteiger partial charge in [0.2, 0.25) is 5.91 Å². The molecule has 0 spiro atoms. The number of amides is 1. The molecule has 2 heterocycles. The highest BCUT2D eigenvalue weighted by Crippen LogP contribution is 2.34. The van der Waals surface area contributed by atoms with Crippen LogP contribution in [0.2, 0.25) is 0 Å². The van der Waals surface area contributed by atoms with Gasteiger partial charge in [-0.1, -0.05) is 66.7 Å². The molecule has 1 atom stereocenters. The molecule has 7 heteroatoms. The number of fused-ring (bicyclic) bond motifs is 1. The van der Waals surface area contributed by atoms with Crippen molar-refractivity contribution < 1.29 is 4.79 Å². The van der Waals surface area contributed by atoms with Gasteiger partial charge in [-0.25, -0.2) is 4.98 Å². The molecule has 1 aliphatic heterocycles. The Balaban J connectivity index is 1.58. The molecule has 2 aromatic carbocycles. The third-order valence-corrected chi connectivity index (χ3v) is 7.61. The Bertz CT molecular complexity index is 1200. The minimum absolute atomic E-state index is 0.0127. The standard InChI is InChI=1S/C25H27N3O2S2/c1-15-10-16(2)22(17(3)11-15)27-21(29)14-31-25-26-20-12-18(4)32-23(20)24(30)28(25)13-19-8-6-5-7-9-19/h5-11,18H,12-14H2,1-4H3,(H,27,29). The highest BCUT2D eigenvalue weighted by molar-refractivity contribution is 8.00. The fourth-order valence-corrected chi connectivity index (χ4v) is 5.96. The van der Waals surface area contributed by atoms with Gasteiger partial charge in [-0.3, -0.25) is 14.2 Å². The monoisotopic (exact) mass is 465 g/mol. The zero-order chi connectivity index (χ0) is 22.8. The van der Waals surface area contributed by atoms with Crippen LogP contribution >= 0.6 is 23.5 Å². The summed E-state index contributed by atoms with van der Waals surface area (Å²) in [6.45, 7) is 8.60. The number of carbonyl (C=O) groups is 1. The summed E-state index contributed by atoms with van der Waals surface area (Å²) in [4.78, 5) is 31.6. The van der Waals surface area contributed by atoms with E-state index in [4.69, 9.17) is 4.98 Å². The normalized spacial score (nSPS) is 14.9. The van der Waals surface area contributed by atoms with Crippen molar-refractivity contribution in [2.24, 2.45) is 0 Å². The first-order chi connectivity index (χ1) is 15.3. The second-order valence-corrected chi connectivity index (χ2v) is 10.7. The van der Waals surface area contributed by atoms with Crippen molar-refractivity contribution in [2.45, 2.75) is 56.0 Å². The van der Waals surface area contributed by atoms with Crippen LogP contribution in [0.15, 0.2) is 57.3 Å². The molecule has 5 nitrogen and oxygen atoms in total. The van der Waals surface area contributed by atoms with Gasteiger partial charge in [0.25, 0.3) is 5.56 Å². The summed E-state index contributed by atoms with van der Waals surface area (Å²) in [6.07, 6.45) is 0.781. The van der Waals surface area contributed by atoms with Crippen LogP contribution in [0.25, 0.3) is 0 Å². The Morgan fingerprint density at radius 3 is 2.56 bits per heavy atom. The van der Waals surface area contributed by atoms with Gasteiger partial charge < -0.3 is 5.32 Å². The van der Waals surface area contributed by atoms with Crippen molar-refractivity contribution in [1.29, 1.82) is 0 Å². The molecular weight excluding hydrogens is 438 g/mol. The molecule has 0 radical (unpaired) electrons. The molecule has 1 unspecified atom stereocenters. The van der Waals surface area contributed by atoms with Gasteiger partial charge in [0.05, 0.1) is 22.9 Å². The largest absolute Gasteiger partial charge is 0.325 e. The number of hydrogen-bond donors (Lipinski definition) is 1. The number of thioether (sulfide) groups is 2. The molecule has 0 bridgehead atoms. The number of benzene rings is 2. The minimum atomic E-state index is -0.103. The maximum atomic E-state index is 13.3. The third kappa shape index (κ3) is 4.94. The number of aromatic nitrogens is 2. The SMILES string of the molecule is Cc1cc(C)c(NC(=O)CSc2nc3c(c(=O)n2Cc2ccccc2)SC(C)C3)c(C)c1. The van der Waals surface area contributed by atoms with Crippen LogP contribution in [0.4, 0.5) is 5.69 Å². The molecule has 3 aromatic rings. The lowest BCUT2D eigenvalue weighted by molar-refractivity contribution is -0.113. The molecule has 166 valence electrons. The summed E-state index contributed by atoms with van der Waals surface area (Å²) in [5.41, 5.74) is 5.99. The van der Waals surface area contributed by atoms with Crippen LogP contribution in [-0.2, 0) is 17.8 Å².